The van der Waals surface area contributed by atoms with E-state index in [1.165, 1.54) is 19.2 Å². The predicted molar refractivity (Wildman–Crippen MR) is 86.3 cm³/mol. The average Bonchev–Trinajstić information content (AvgIpc) is 2.79. The van der Waals surface area contributed by atoms with E-state index in [1.54, 1.807) is 6.92 Å². The van der Waals surface area contributed by atoms with Gasteiger partial charge in [0.1, 0.15) is 24.8 Å². The van der Waals surface area contributed by atoms with E-state index in [0.717, 1.165) is 11.5 Å². The maximum absolute atomic E-state index is 12.1. The van der Waals surface area contributed by atoms with Gasteiger partial charge < -0.3 is 19.9 Å². The fourth-order valence-electron chi connectivity index (χ4n) is 2.76. The normalized spacial score (nSPS) is 27.4. The molecule has 0 saturated carbocycles. The fourth-order valence-corrected chi connectivity index (χ4v) is 2.76. The smallest absolute Gasteiger partial charge is 0.351 e. The number of anilines is 1. The Morgan fingerprint density at radius 2 is 2.19 bits per heavy atom. The van der Waals surface area contributed by atoms with Gasteiger partial charge in [-0.2, -0.15) is 4.98 Å². The van der Waals surface area contributed by atoms with Crippen molar-refractivity contribution in [3.63, 3.8) is 0 Å². The van der Waals surface area contributed by atoms with Gasteiger partial charge in [-0.05, 0) is 11.6 Å². The number of carbonyl (C=O) groups is 2. The molecule has 0 amide bonds. The van der Waals surface area contributed by atoms with Crippen molar-refractivity contribution in [2.75, 3.05) is 12.3 Å². The van der Waals surface area contributed by atoms with Crippen molar-refractivity contribution in [1.82, 2.24) is 9.55 Å². The molecule has 4 atom stereocenters. The lowest BCUT2D eigenvalue weighted by Crippen LogP contribution is -2.46. The number of nitrogens with two attached hydrogens (primary N) is 1. The van der Waals surface area contributed by atoms with E-state index in [9.17, 15) is 14.4 Å². The number of hydrogen-bond acceptors (Lipinski definition) is 9. The highest BCUT2D eigenvalue weighted by molar-refractivity contribution is 5.67. The van der Waals surface area contributed by atoms with Gasteiger partial charge in [0.25, 0.3) is 0 Å². The van der Waals surface area contributed by atoms with Gasteiger partial charge in [-0.3, -0.25) is 14.2 Å². The van der Waals surface area contributed by atoms with Crippen molar-refractivity contribution >= 4 is 17.8 Å². The molecule has 0 aliphatic carbocycles. The Labute approximate surface area is 147 Å². The molecule has 0 spiro atoms. The molecule has 0 radical (unpaired) electrons. The zero-order valence-electron chi connectivity index (χ0n) is 14.4. The quantitative estimate of drug-likeness (QED) is 0.339. The highest BCUT2D eigenvalue weighted by Gasteiger charge is 2.57. The van der Waals surface area contributed by atoms with Crippen LogP contribution in [-0.2, 0) is 23.8 Å². The maximum atomic E-state index is 12.1. The van der Waals surface area contributed by atoms with E-state index in [0.29, 0.717) is 0 Å². The van der Waals surface area contributed by atoms with Crippen LogP contribution in [0.4, 0.5) is 5.82 Å². The lowest BCUT2D eigenvalue weighted by atomic mass is 9.98. The van der Waals surface area contributed by atoms with Crippen molar-refractivity contribution in [2.45, 2.75) is 38.8 Å². The van der Waals surface area contributed by atoms with Crippen LogP contribution < -0.4 is 11.4 Å². The summed E-state index contributed by atoms with van der Waals surface area (Å²) < 4.78 is 17.1. The molecule has 0 unspecified atom stereocenters. The zero-order valence-corrected chi connectivity index (χ0v) is 14.4. The summed E-state index contributed by atoms with van der Waals surface area (Å²) in [5.74, 6) is -1.92. The first-order valence-corrected chi connectivity index (χ1v) is 7.59. The Hall–Kier alpha value is -3.11. The first-order chi connectivity index (χ1) is 12.2. The van der Waals surface area contributed by atoms with Crippen LogP contribution in [0.25, 0.3) is 10.4 Å². The maximum Gasteiger partial charge on any atom is 0.351 e. The Morgan fingerprint density at radius 3 is 2.73 bits per heavy atom. The molecule has 12 heteroatoms. The number of aromatic nitrogens is 2. The monoisotopic (exact) mass is 366 g/mol. The van der Waals surface area contributed by atoms with Crippen LogP contribution in [0.2, 0.25) is 0 Å². The second kappa shape index (κ2) is 7.42. The van der Waals surface area contributed by atoms with Crippen molar-refractivity contribution < 1.29 is 23.8 Å². The lowest BCUT2D eigenvalue weighted by molar-refractivity contribution is -0.174. The SMILES string of the molecule is CC(=O)OC[C@@]1(N=[N+]=[N-])O[C@@H](n2ccc(N)nc2=O)[C@@H](C)[C@@H]1OC(C)=O. The number of hydrogen-bond donors (Lipinski definition) is 1. The fraction of sp³-hybridized carbons (Fsp3) is 0.571. The molecule has 1 aromatic heterocycles. The Bertz CT molecular complexity index is 818. The van der Waals surface area contributed by atoms with Gasteiger partial charge in [0.15, 0.2) is 0 Å². The Kier molecular flexibility index (Phi) is 5.48. The van der Waals surface area contributed by atoms with Crippen molar-refractivity contribution in [2.24, 2.45) is 11.0 Å². The van der Waals surface area contributed by atoms with Crippen LogP contribution >= 0.6 is 0 Å². The molecule has 2 rings (SSSR count). The summed E-state index contributed by atoms with van der Waals surface area (Å²) in [5.41, 5.74) is 11.9. The second-order valence-corrected chi connectivity index (χ2v) is 5.75. The largest absolute Gasteiger partial charge is 0.462 e. The average molecular weight is 366 g/mol. The van der Waals surface area contributed by atoms with Crippen molar-refractivity contribution in [1.29, 1.82) is 0 Å². The molecular weight excluding hydrogens is 348 g/mol. The number of ether oxygens (including phenoxy) is 3. The van der Waals surface area contributed by atoms with Gasteiger partial charge in [-0.1, -0.05) is 12.0 Å². The first-order valence-electron chi connectivity index (χ1n) is 7.59. The van der Waals surface area contributed by atoms with Crippen LogP contribution in [0.1, 0.15) is 27.0 Å². The second-order valence-electron chi connectivity index (χ2n) is 5.75. The standard InChI is InChI=1S/C14H18N6O6/c1-7-11(25-9(3)22)14(18-19-16,6-24-8(2)21)26-12(7)20-5-4-10(15)17-13(20)23/h4-5,7,11-12H,6H2,1-3H3,(H2,15,17,23)/t7-,11-,12+,14+/m0/s1. The van der Waals surface area contributed by atoms with Gasteiger partial charge >= 0.3 is 17.6 Å². The van der Waals surface area contributed by atoms with Gasteiger partial charge in [-0.25, -0.2) is 4.79 Å². The van der Waals surface area contributed by atoms with Crippen LogP contribution in [-0.4, -0.2) is 39.9 Å². The number of rotatable bonds is 5. The van der Waals surface area contributed by atoms with Gasteiger partial charge in [0.05, 0.1) is 0 Å². The van der Waals surface area contributed by atoms with E-state index in [2.05, 4.69) is 15.0 Å². The third kappa shape index (κ3) is 3.76. The van der Waals surface area contributed by atoms with Crippen LogP contribution in [0.5, 0.6) is 0 Å². The summed E-state index contributed by atoms with van der Waals surface area (Å²) in [5, 5.41) is 3.58. The molecule has 1 aliphatic heterocycles. The minimum Gasteiger partial charge on any atom is -0.462 e. The van der Waals surface area contributed by atoms with Crippen molar-refractivity contribution in [3.8, 4) is 0 Å². The molecule has 2 N–H and O–H groups in total. The van der Waals surface area contributed by atoms with Crippen LogP contribution in [0.3, 0.4) is 0 Å². The summed E-state index contributed by atoms with van der Waals surface area (Å²) in [4.78, 5) is 41.2. The Morgan fingerprint density at radius 1 is 1.50 bits per heavy atom. The first kappa shape index (κ1) is 19.2. The summed E-state index contributed by atoms with van der Waals surface area (Å²) in [6, 6.07) is 1.39. The summed E-state index contributed by atoms with van der Waals surface area (Å²) in [6.45, 7) is 3.46. The Balaban J connectivity index is 2.50. The number of nitrogens with zero attached hydrogens (tertiary/aromatic N) is 5. The topological polar surface area (TPSA) is 171 Å². The van der Waals surface area contributed by atoms with E-state index < -0.39 is 48.2 Å². The minimum atomic E-state index is -1.84. The molecule has 1 aromatic rings. The van der Waals surface area contributed by atoms with Crippen LogP contribution in [0.15, 0.2) is 22.2 Å². The summed E-state index contributed by atoms with van der Waals surface area (Å²) in [6.07, 6.45) is -0.750. The third-order valence-electron chi connectivity index (χ3n) is 3.81. The van der Waals surface area contributed by atoms with Gasteiger partial charge in [0.2, 0.25) is 5.72 Å². The van der Waals surface area contributed by atoms with E-state index >= 15 is 0 Å². The zero-order chi connectivity index (χ0) is 19.5. The third-order valence-corrected chi connectivity index (χ3v) is 3.81. The van der Waals surface area contributed by atoms with Crippen LogP contribution in [0, 0.1) is 5.92 Å². The highest BCUT2D eigenvalue weighted by atomic mass is 16.6. The molecule has 26 heavy (non-hydrogen) atoms. The molecule has 140 valence electrons. The van der Waals surface area contributed by atoms with E-state index in [4.69, 9.17) is 25.5 Å². The molecular formula is C14H18N6O6. The van der Waals surface area contributed by atoms with Crippen molar-refractivity contribution in [3.05, 3.63) is 33.2 Å². The highest BCUT2D eigenvalue weighted by Crippen LogP contribution is 2.44. The molecule has 1 fully saturated rings. The lowest BCUT2D eigenvalue weighted by Gasteiger charge is -2.29. The van der Waals surface area contributed by atoms with E-state index in [-0.39, 0.29) is 5.82 Å². The molecule has 0 aromatic carbocycles. The number of azide groups is 1. The number of carbonyl (C=O) groups excluding carboxylic acids is 2. The number of nitrogen functional groups attached to an aromatic ring is 1. The minimum absolute atomic E-state index is 0.0228. The predicted octanol–water partition coefficient (Wildman–Crippen LogP) is 0.492. The molecule has 12 nitrogen and oxygen atoms in total. The van der Waals surface area contributed by atoms with Gasteiger partial charge in [0, 0.05) is 30.9 Å². The molecule has 2 heterocycles. The molecule has 1 aliphatic rings. The molecule has 0 bridgehead atoms. The summed E-state index contributed by atoms with van der Waals surface area (Å²) in [7, 11) is 0. The summed E-state index contributed by atoms with van der Waals surface area (Å²) >= 11 is 0. The number of esters is 2. The molecule has 1 saturated heterocycles. The van der Waals surface area contributed by atoms with E-state index in [1.807, 2.05) is 0 Å². The van der Waals surface area contributed by atoms with Gasteiger partial charge in [-0.15, -0.1) is 0 Å².